The van der Waals surface area contributed by atoms with Crippen LogP contribution in [0.15, 0.2) is 36.7 Å². The minimum absolute atomic E-state index is 0.198. The number of nitrogens with zero attached hydrogens (tertiary/aromatic N) is 3. The van der Waals surface area contributed by atoms with Crippen molar-refractivity contribution in [3.63, 3.8) is 0 Å². The number of ketones is 1. The largest absolute Gasteiger partial charge is 0.331 e. The summed E-state index contributed by atoms with van der Waals surface area (Å²) in [6.45, 7) is 0.873. The van der Waals surface area contributed by atoms with Crippen molar-refractivity contribution in [3.05, 3.63) is 48.0 Å². The third-order valence-electron chi connectivity index (χ3n) is 4.51. The molecule has 1 saturated heterocycles. The highest BCUT2D eigenvalue weighted by Crippen LogP contribution is 2.16. The summed E-state index contributed by atoms with van der Waals surface area (Å²) in [4.78, 5) is 30.5. The molecule has 0 bridgehead atoms. The van der Waals surface area contributed by atoms with Crippen LogP contribution >= 0.6 is 0 Å². The number of carbonyl (C=O) groups is 2. The molecule has 28 heavy (non-hydrogen) atoms. The number of likely N-dealkylation sites (tertiary alicyclic amines) is 1. The van der Waals surface area contributed by atoms with Crippen molar-refractivity contribution in [2.75, 3.05) is 24.7 Å². The standard InChI is InChI=1S/C18H23N5O4S/c1-22-11-9-19-17(22)16(24)13-5-7-14(8-6-13)20-18(25)23-10-3-4-15(12-23)21-28(2,26)27/h5-9,11,15,21H,3-4,10,12H2,1-2H3,(H,20,25). The summed E-state index contributed by atoms with van der Waals surface area (Å²) >= 11 is 0. The normalized spacial score (nSPS) is 17.4. The molecular formula is C18H23N5O4S. The van der Waals surface area contributed by atoms with Gasteiger partial charge >= 0.3 is 6.03 Å². The van der Waals surface area contributed by atoms with Crippen molar-refractivity contribution in [3.8, 4) is 0 Å². The van der Waals surface area contributed by atoms with Gasteiger partial charge in [-0.1, -0.05) is 0 Å². The van der Waals surface area contributed by atoms with Crippen LogP contribution in [0.1, 0.15) is 29.0 Å². The number of anilines is 1. The second-order valence-electron chi connectivity index (χ2n) is 6.87. The molecule has 1 aliphatic heterocycles. The molecule has 2 amide bonds. The Balaban J connectivity index is 1.61. The molecule has 1 unspecified atom stereocenters. The van der Waals surface area contributed by atoms with E-state index in [9.17, 15) is 18.0 Å². The number of aromatic nitrogens is 2. The number of amides is 2. The highest BCUT2D eigenvalue weighted by Gasteiger charge is 2.25. The van der Waals surface area contributed by atoms with Crippen LogP contribution in [0.2, 0.25) is 0 Å². The van der Waals surface area contributed by atoms with Gasteiger partial charge < -0.3 is 14.8 Å². The molecule has 1 aromatic heterocycles. The summed E-state index contributed by atoms with van der Waals surface area (Å²) in [7, 11) is -1.56. The fraction of sp³-hybridized carbons (Fsp3) is 0.389. The molecule has 1 fully saturated rings. The Labute approximate surface area is 163 Å². The van der Waals surface area contributed by atoms with Gasteiger partial charge in [0.15, 0.2) is 5.82 Å². The molecule has 10 heteroatoms. The van der Waals surface area contributed by atoms with Gasteiger partial charge in [-0.2, -0.15) is 0 Å². The third-order valence-corrected chi connectivity index (χ3v) is 5.27. The molecule has 150 valence electrons. The predicted octanol–water partition coefficient (Wildman–Crippen LogP) is 1.20. The van der Waals surface area contributed by atoms with Gasteiger partial charge in [0.1, 0.15) is 0 Å². The van der Waals surface area contributed by atoms with Crippen LogP contribution < -0.4 is 10.0 Å². The van der Waals surface area contributed by atoms with E-state index in [-0.39, 0.29) is 17.9 Å². The minimum Gasteiger partial charge on any atom is -0.331 e. The SMILES string of the molecule is Cn1ccnc1C(=O)c1ccc(NC(=O)N2CCCC(NS(C)(=O)=O)C2)cc1. The summed E-state index contributed by atoms with van der Waals surface area (Å²) < 4.78 is 27.0. The van der Waals surface area contributed by atoms with Crippen molar-refractivity contribution in [2.45, 2.75) is 18.9 Å². The van der Waals surface area contributed by atoms with Gasteiger partial charge in [0.25, 0.3) is 0 Å². The van der Waals surface area contributed by atoms with Gasteiger partial charge in [-0.05, 0) is 37.1 Å². The van der Waals surface area contributed by atoms with Crippen molar-refractivity contribution < 1.29 is 18.0 Å². The zero-order valence-corrected chi connectivity index (χ0v) is 16.6. The molecule has 2 aromatic rings. The van der Waals surface area contributed by atoms with Crippen LogP contribution in [0.5, 0.6) is 0 Å². The first-order chi connectivity index (χ1) is 13.2. The smallest absolute Gasteiger partial charge is 0.321 e. The van der Waals surface area contributed by atoms with Crippen molar-refractivity contribution in [2.24, 2.45) is 7.05 Å². The van der Waals surface area contributed by atoms with E-state index in [0.717, 1.165) is 12.7 Å². The molecule has 2 heterocycles. The number of aryl methyl sites for hydroxylation is 1. The molecule has 1 aliphatic rings. The molecule has 0 saturated carbocycles. The second kappa shape index (κ2) is 8.11. The van der Waals surface area contributed by atoms with Gasteiger partial charge in [0.05, 0.1) is 6.26 Å². The summed E-state index contributed by atoms with van der Waals surface area (Å²) in [6, 6.07) is 6.00. The number of hydrogen-bond donors (Lipinski definition) is 2. The van der Waals surface area contributed by atoms with E-state index in [1.54, 1.807) is 53.2 Å². The van der Waals surface area contributed by atoms with Crippen molar-refractivity contribution >= 4 is 27.5 Å². The Morgan fingerprint density at radius 1 is 1.21 bits per heavy atom. The van der Waals surface area contributed by atoms with Crippen LogP contribution in [-0.4, -0.2) is 60.1 Å². The quantitative estimate of drug-likeness (QED) is 0.726. The Hall–Kier alpha value is -2.72. The summed E-state index contributed by atoms with van der Waals surface area (Å²) in [6.07, 6.45) is 5.79. The van der Waals surface area contributed by atoms with Crippen LogP contribution in [0.3, 0.4) is 0 Å². The monoisotopic (exact) mass is 405 g/mol. The fourth-order valence-electron chi connectivity index (χ4n) is 3.18. The van der Waals surface area contributed by atoms with E-state index in [2.05, 4.69) is 15.0 Å². The lowest BCUT2D eigenvalue weighted by Gasteiger charge is -2.32. The Bertz CT molecular complexity index is 968. The Kier molecular flexibility index (Phi) is 5.80. The summed E-state index contributed by atoms with van der Waals surface area (Å²) in [5.41, 5.74) is 1.03. The molecule has 0 aliphatic carbocycles. The summed E-state index contributed by atoms with van der Waals surface area (Å²) in [5, 5.41) is 2.78. The minimum atomic E-state index is -3.31. The number of sulfonamides is 1. The highest BCUT2D eigenvalue weighted by atomic mass is 32.2. The van der Waals surface area contributed by atoms with E-state index < -0.39 is 10.0 Å². The van der Waals surface area contributed by atoms with Crippen molar-refractivity contribution in [1.82, 2.24) is 19.2 Å². The zero-order valence-electron chi connectivity index (χ0n) is 15.8. The van der Waals surface area contributed by atoms with Gasteiger partial charge in [-0.15, -0.1) is 0 Å². The second-order valence-corrected chi connectivity index (χ2v) is 8.65. The maximum atomic E-state index is 12.5. The summed E-state index contributed by atoms with van der Waals surface area (Å²) in [5.74, 6) is 0.144. The number of imidazole rings is 1. The van der Waals surface area contributed by atoms with Gasteiger partial charge in [-0.3, -0.25) is 4.79 Å². The molecule has 2 N–H and O–H groups in total. The third kappa shape index (κ3) is 4.96. The highest BCUT2D eigenvalue weighted by molar-refractivity contribution is 7.88. The Morgan fingerprint density at radius 3 is 2.54 bits per heavy atom. The number of rotatable bonds is 5. The maximum absolute atomic E-state index is 12.5. The maximum Gasteiger partial charge on any atom is 0.321 e. The van der Waals surface area contributed by atoms with Gasteiger partial charge in [-0.25, -0.2) is 22.9 Å². The molecule has 9 nitrogen and oxygen atoms in total. The van der Waals surface area contributed by atoms with Crippen molar-refractivity contribution in [1.29, 1.82) is 0 Å². The molecule has 0 spiro atoms. The molecule has 1 aromatic carbocycles. The van der Waals surface area contributed by atoms with Crippen LogP contribution in [-0.2, 0) is 17.1 Å². The van der Waals surface area contributed by atoms with E-state index >= 15 is 0 Å². The van der Waals surface area contributed by atoms with E-state index in [1.807, 2.05) is 0 Å². The van der Waals surface area contributed by atoms with Crippen LogP contribution in [0.4, 0.5) is 10.5 Å². The van der Waals surface area contributed by atoms with Crippen LogP contribution in [0.25, 0.3) is 0 Å². The van der Waals surface area contributed by atoms with E-state index in [4.69, 9.17) is 0 Å². The number of carbonyl (C=O) groups excluding carboxylic acids is 2. The number of benzene rings is 1. The number of urea groups is 1. The lowest BCUT2D eigenvalue weighted by molar-refractivity contribution is 0.102. The topological polar surface area (TPSA) is 113 Å². The first-order valence-corrected chi connectivity index (χ1v) is 10.8. The van der Waals surface area contributed by atoms with E-state index in [1.165, 1.54) is 0 Å². The molecule has 3 rings (SSSR count). The molecule has 0 radical (unpaired) electrons. The fourth-order valence-corrected chi connectivity index (χ4v) is 3.98. The lowest BCUT2D eigenvalue weighted by atomic mass is 10.1. The lowest BCUT2D eigenvalue weighted by Crippen LogP contribution is -2.50. The van der Waals surface area contributed by atoms with Gasteiger partial charge in [0, 0.05) is 49.8 Å². The van der Waals surface area contributed by atoms with E-state index in [0.29, 0.717) is 36.6 Å². The van der Waals surface area contributed by atoms with Crippen LogP contribution in [0, 0.1) is 0 Å². The number of nitrogens with one attached hydrogen (secondary N) is 2. The van der Waals surface area contributed by atoms with Gasteiger partial charge in [0.2, 0.25) is 15.8 Å². The predicted molar refractivity (Wildman–Crippen MR) is 105 cm³/mol. The zero-order chi connectivity index (χ0) is 20.3. The average molecular weight is 405 g/mol. The molecular weight excluding hydrogens is 382 g/mol. The average Bonchev–Trinajstić information content (AvgIpc) is 3.06. The first-order valence-electron chi connectivity index (χ1n) is 8.88. The number of piperidine rings is 1. The molecule has 1 atom stereocenters. The first kappa shape index (κ1) is 20.0. The number of hydrogen-bond acceptors (Lipinski definition) is 5. The Morgan fingerprint density at radius 2 is 1.93 bits per heavy atom.